The van der Waals surface area contributed by atoms with Gasteiger partial charge in [-0.15, -0.1) is 0 Å². The molecule has 4 saturated carbocycles. The van der Waals surface area contributed by atoms with E-state index in [9.17, 15) is 14.7 Å². The van der Waals surface area contributed by atoms with E-state index < -0.39 is 5.91 Å². The Labute approximate surface area is 164 Å². The van der Waals surface area contributed by atoms with Crippen molar-refractivity contribution in [1.82, 2.24) is 9.88 Å². The van der Waals surface area contributed by atoms with Crippen LogP contribution in [0.5, 0.6) is 5.75 Å². The fourth-order valence-corrected chi connectivity index (χ4v) is 6.61. The molecule has 0 unspecified atom stereocenters. The maximum atomic E-state index is 13.3. The van der Waals surface area contributed by atoms with Gasteiger partial charge in [0.2, 0.25) is 0 Å². The van der Waals surface area contributed by atoms with Crippen molar-refractivity contribution in [2.75, 3.05) is 0 Å². The van der Waals surface area contributed by atoms with Crippen molar-refractivity contribution < 1.29 is 9.90 Å². The van der Waals surface area contributed by atoms with E-state index in [4.69, 9.17) is 0 Å². The van der Waals surface area contributed by atoms with Gasteiger partial charge in [-0.2, -0.15) is 0 Å². The van der Waals surface area contributed by atoms with Crippen LogP contribution in [0.4, 0.5) is 0 Å². The van der Waals surface area contributed by atoms with E-state index >= 15 is 0 Å². The summed E-state index contributed by atoms with van der Waals surface area (Å²) in [5.41, 5.74) is 0.00717. The van der Waals surface area contributed by atoms with Crippen LogP contribution < -0.4 is 10.9 Å². The molecule has 6 rings (SSSR count). The quantitative estimate of drug-likeness (QED) is 0.847. The Hall–Kier alpha value is -2.30. The van der Waals surface area contributed by atoms with Crippen molar-refractivity contribution in [2.24, 2.45) is 17.8 Å². The molecule has 0 spiro atoms. The lowest BCUT2D eigenvalue weighted by atomic mass is 9.53. The number of aromatic hydroxyl groups is 1. The fraction of sp³-hybridized carbons (Fsp3) is 0.565. The molecule has 1 heterocycles. The van der Waals surface area contributed by atoms with E-state index in [1.807, 2.05) is 25.1 Å². The average molecular weight is 380 g/mol. The summed E-state index contributed by atoms with van der Waals surface area (Å²) in [7, 11) is 0. The molecule has 0 aliphatic heterocycles. The summed E-state index contributed by atoms with van der Waals surface area (Å²) in [6, 6.07) is 7.27. The second-order valence-electron chi connectivity index (χ2n) is 9.35. The molecular weight excluding hydrogens is 352 g/mol. The van der Waals surface area contributed by atoms with Crippen LogP contribution in [-0.4, -0.2) is 21.1 Å². The fourth-order valence-electron chi connectivity index (χ4n) is 6.61. The number of benzene rings is 1. The summed E-state index contributed by atoms with van der Waals surface area (Å²) in [6.45, 7) is 2.53. The van der Waals surface area contributed by atoms with Crippen LogP contribution >= 0.6 is 0 Å². The van der Waals surface area contributed by atoms with E-state index in [-0.39, 0.29) is 22.4 Å². The smallest absolute Gasteiger partial charge is 0.267 e. The third-order valence-electron chi connectivity index (χ3n) is 7.24. The largest absolute Gasteiger partial charge is 0.506 e. The Kier molecular flexibility index (Phi) is 4.04. The number of carbonyl (C=O) groups excluding carboxylic acids is 1. The first kappa shape index (κ1) is 17.8. The Morgan fingerprint density at radius 1 is 1.14 bits per heavy atom. The lowest BCUT2D eigenvalue weighted by Gasteiger charge is -2.56. The van der Waals surface area contributed by atoms with Gasteiger partial charge in [0.25, 0.3) is 11.5 Å². The van der Waals surface area contributed by atoms with Gasteiger partial charge in [0.1, 0.15) is 11.3 Å². The van der Waals surface area contributed by atoms with E-state index in [1.54, 1.807) is 10.6 Å². The van der Waals surface area contributed by atoms with Crippen molar-refractivity contribution in [2.45, 2.75) is 64.0 Å². The first-order valence-electron chi connectivity index (χ1n) is 10.7. The number of carbonyl (C=O) groups is 1. The van der Waals surface area contributed by atoms with E-state index in [0.29, 0.717) is 35.2 Å². The Balaban J connectivity index is 1.56. The van der Waals surface area contributed by atoms with Crippen molar-refractivity contribution in [3.8, 4) is 5.75 Å². The molecule has 0 radical (unpaired) electrons. The van der Waals surface area contributed by atoms with E-state index in [0.717, 1.165) is 25.7 Å². The highest BCUT2D eigenvalue weighted by Gasteiger charge is 2.51. The van der Waals surface area contributed by atoms with Crippen LogP contribution in [0.3, 0.4) is 0 Å². The molecule has 28 heavy (non-hydrogen) atoms. The predicted molar refractivity (Wildman–Crippen MR) is 109 cm³/mol. The van der Waals surface area contributed by atoms with Crippen LogP contribution in [0, 0.1) is 17.8 Å². The third kappa shape index (κ3) is 2.66. The number of pyridine rings is 1. The number of para-hydroxylation sites is 1. The van der Waals surface area contributed by atoms with Crippen molar-refractivity contribution in [3.63, 3.8) is 0 Å². The number of rotatable bonds is 4. The number of aromatic nitrogens is 1. The molecule has 5 nitrogen and oxygen atoms in total. The number of fused-ring (bicyclic) bond motifs is 1. The maximum absolute atomic E-state index is 13.3. The highest BCUT2D eigenvalue weighted by atomic mass is 16.3. The number of hydrogen-bond acceptors (Lipinski definition) is 3. The second kappa shape index (κ2) is 6.36. The van der Waals surface area contributed by atoms with Crippen molar-refractivity contribution in [1.29, 1.82) is 0 Å². The molecule has 4 bridgehead atoms. The molecule has 5 heteroatoms. The molecule has 0 atom stereocenters. The third-order valence-corrected chi connectivity index (χ3v) is 7.24. The Morgan fingerprint density at radius 2 is 1.75 bits per heavy atom. The Bertz CT molecular complexity index is 972. The molecule has 4 fully saturated rings. The van der Waals surface area contributed by atoms with Gasteiger partial charge in [-0.1, -0.05) is 19.1 Å². The van der Waals surface area contributed by atoms with Crippen LogP contribution in [-0.2, 0) is 6.54 Å². The minimum absolute atomic E-state index is 0.0945. The minimum atomic E-state index is -0.403. The van der Waals surface area contributed by atoms with Crippen molar-refractivity contribution in [3.05, 3.63) is 40.2 Å². The molecule has 148 valence electrons. The number of amides is 1. The van der Waals surface area contributed by atoms with Gasteiger partial charge in [0, 0.05) is 17.5 Å². The lowest BCUT2D eigenvalue weighted by molar-refractivity contribution is -0.0167. The molecule has 4 aliphatic rings. The zero-order chi connectivity index (χ0) is 19.5. The number of hydrogen-bond donors (Lipinski definition) is 2. The van der Waals surface area contributed by atoms with Gasteiger partial charge >= 0.3 is 0 Å². The highest BCUT2D eigenvalue weighted by Crippen LogP contribution is 2.55. The summed E-state index contributed by atoms with van der Waals surface area (Å²) in [6.07, 6.45) is 7.70. The maximum Gasteiger partial charge on any atom is 0.267 e. The first-order chi connectivity index (χ1) is 13.5. The zero-order valence-corrected chi connectivity index (χ0v) is 16.4. The topological polar surface area (TPSA) is 71.3 Å². The molecule has 1 aromatic heterocycles. The van der Waals surface area contributed by atoms with Gasteiger partial charge in [-0.25, -0.2) is 0 Å². The van der Waals surface area contributed by atoms with Crippen molar-refractivity contribution >= 4 is 16.8 Å². The standard InChI is InChI=1S/C23H28N2O3/c1-2-7-25-18-6-4-3-5-17(18)20(26)19(22(25)28)21(27)24-23-11-14-8-15(12-23)10-16(9-14)13-23/h3-6,14-16,26H,2,7-13H2,1H3,(H,24,27). The summed E-state index contributed by atoms with van der Waals surface area (Å²) in [4.78, 5) is 26.4. The SMILES string of the molecule is CCCn1c(=O)c(C(=O)NC23CC4CC(CC(C4)C2)C3)c(O)c2ccccc21. The average Bonchev–Trinajstić information content (AvgIpc) is 2.63. The number of aryl methyl sites for hydroxylation is 1. The zero-order valence-electron chi connectivity index (χ0n) is 16.4. The molecule has 0 saturated heterocycles. The van der Waals surface area contributed by atoms with E-state index in [2.05, 4.69) is 5.32 Å². The molecule has 4 aliphatic carbocycles. The highest BCUT2D eigenvalue weighted by molar-refractivity contribution is 6.02. The lowest BCUT2D eigenvalue weighted by Crippen LogP contribution is -2.60. The van der Waals surface area contributed by atoms with Gasteiger partial charge in [-0.05, 0) is 74.8 Å². The summed E-state index contributed by atoms with van der Waals surface area (Å²) >= 11 is 0. The molecule has 1 amide bonds. The van der Waals surface area contributed by atoms with Gasteiger partial charge < -0.3 is 15.0 Å². The Morgan fingerprint density at radius 3 is 2.36 bits per heavy atom. The van der Waals surface area contributed by atoms with Crippen LogP contribution in [0.2, 0.25) is 0 Å². The molecule has 2 aromatic rings. The molecule has 1 aromatic carbocycles. The van der Waals surface area contributed by atoms with Gasteiger partial charge in [-0.3, -0.25) is 9.59 Å². The second-order valence-corrected chi connectivity index (χ2v) is 9.35. The van der Waals surface area contributed by atoms with Gasteiger partial charge in [0.15, 0.2) is 0 Å². The normalized spacial score (nSPS) is 30.7. The monoisotopic (exact) mass is 380 g/mol. The first-order valence-corrected chi connectivity index (χ1v) is 10.7. The number of nitrogens with zero attached hydrogens (tertiary/aromatic N) is 1. The van der Waals surface area contributed by atoms with Crippen LogP contribution in [0.1, 0.15) is 62.2 Å². The summed E-state index contributed by atoms with van der Waals surface area (Å²) in [5, 5.41) is 14.6. The van der Waals surface area contributed by atoms with Crippen LogP contribution in [0.25, 0.3) is 10.9 Å². The molecular formula is C23H28N2O3. The molecule has 2 N–H and O–H groups in total. The van der Waals surface area contributed by atoms with E-state index in [1.165, 1.54) is 19.3 Å². The van der Waals surface area contributed by atoms with Gasteiger partial charge in [0.05, 0.1) is 5.52 Å². The minimum Gasteiger partial charge on any atom is -0.506 e. The summed E-state index contributed by atoms with van der Waals surface area (Å²) < 4.78 is 1.63. The summed E-state index contributed by atoms with van der Waals surface area (Å²) in [5.74, 6) is 1.52. The predicted octanol–water partition coefficient (Wildman–Crippen LogP) is 3.82. The van der Waals surface area contributed by atoms with Crippen LogP contribution in [0.15, 0.2) is 29.1 Å². The number of nitrogens with one attached hydrogen (secondary N) is 1.